The summed E-state index contributed by atoms with van der Waals surface area (Å²) < 4.78 is 8.72. The number of aromatic nitrogens is 5. The number of fused-ring (bicyclic) bond motifs is 1. The number of rotatable bonds is 7. The Morgan fingerprint density at radius 1 is 1.14 bits per heavy atom. The molecule has 0 fully saturated rings. The largest absolute Gasteiger partial charge is 0.383 e. The summed E-state index contributed by atoms with van der Waals surface area (Å²) >= 11 is 0. The molecule has 4 rings (SSSR count). The second-order valence-corrected chi connectivity index (χ2v) is 6.33. The van der Waals surface area contributed by atoms with Crippen LogP contribution in [0.15, 0.2) is 67.1 Å². The maximum atomic E-state index is 13.2. The Morgan fingerprint density at radius 3 is 2.75 bits per heavy atom. The van der Waals surface area contributed by atoms with Crippen molar-refractivity contribution in [2.24, 2.45) is 0 Å². The highest BCUT2D eigenvalue weighted by Crippen LogP contribution is 2.26. The number of carbonyl (C=O) groups excluding carboxylic acids is 1. The molecule has 0 saturated heterocycles. The van der Waals surface area contributed by atoms with Crippen molar-refractivity contribution in [3.8, 4) is 0 Å². The fourth-order valence-electron chi connectivity index (χ4n) is 3.26. The molecule has 0 bridgehead atoms. The summed E-state index contributed by atoms with van der Waals surface area (Å²) in [6, 6.07) is 16.6. The Balaban J connectivity index is 1.66. The van der Waals surface area contributed by atoms with E-state index in [4.69, 9.17) is 4.74 Å². The van der Waals surface area contributed by atoms with Crippen LogP contribution in [0.25, 0.3) is 10.9 Å². The molecular weight excluding hydrogens is 356 g/mol. The first kappa shape index (κ1) is 17.9. The molecule has 8 heteroatoms. The van der Waals surface area contributed by atoms with Crippen molar-refractivity contribution in [3.63, 3.8) is 0 Å². The number of nitrogens with one attached hydrogen (secondary N) is 1. The number of ether oxygens (including phenoxy) is 1. The van der Waals surface area contributed by atoms with Crippen molar-refractivity contribution in [1.82, 2.24) is 24.8 Å². The first-order valence-electron chi connectivity index (χ1n) is 8.93. The molecule has 2 aromatic heterocycles. The number of hydrogen-bond acceptors (Lipinski definition) is 5. The molecule has 1 amide bonds. The Bertz CT molecular complexity index is 1060. The Kier molecular flexibility index (Phi) is 5.11. The fourth-order valence-corrected chi connectivity index (χ4v) is 3.26. The van der Waals surface area contributed by atoms with Crippen LogP contribution in [0.2, 0.25) is 0 Å². The van der Waals surface area contributed by atoms with E-state index in [0.29, 0.717) is 6.61 Å². The minimum atomic E-state index is -0.665. The average molecular weight is 376 g/mol. The third kappa shape index (κ3) is 3.49. The van der Waals surface area contributed by atoms with E-state index < -0.39 is 6.04 Å². The van der Waals surface area contributed by atoms with Gasteiger partial charge >= 0.3 is 0 Å². The van der Waals surface area contributed by atoms with E-state index in [0.717, 1.165) is 28.7 Å². The molecule has 0 aliphatic carbocycles. The zero-order chi connectivity index (χ0) is 19.3. The summed E-state index contributed by atoms with van der Waals surface area (Å²) in [5, 5.41) is 15.3. The van der Waals surface area contributed by atoms with Crippen molar-refractivity contribution in [1.29, 1.82) is 0 Å². The van der Waals surface area contributed by atoms with E-state index in [2.05, 4.69) is 25.4 Å². The van der Waals surface area contributed by atoms with Crippen LogP contribution in [0, 0.1) is 0 Å². The van der Waals surface area contributed by atoms with Crippen molar-refractivity contribution >= 4 is 22.5 Å². The second kappa shape index (κ2) is 8.01. The Morgan fingerprint density at radius 2 is 2.00 bits per heavy atom. The van der Waals surface area contributed by atoms with Crippen molar-refractivity contribution in [2.45, 2.75) is 12.6 Å². The quantitative estimate of drug-likeness (QED) is 0.535. The van der Waals surface area contributed by atoms with Crippen molar-refractivity contribution in [3.05, 3.63) is 72.7 Å². The lowest BCUT2D eigenvalue weighted by atomic mass is 10.1. The molecule has 1 N–H and O–H groups in total. The van der Waals surface area contributed by atoms with Gasteiger partial charge in [-0.05, 0) is 34.2 Å². The molecule has 0 aliphatic rings. The van der Waals surface area contributed by atoms with Crippen LogP contribution in [-0.4, -0.2) is 44.4 Å². The molecule has 2 aromatic carbocycles. The number of tetrazole rings is 1. The Labute approximate surface area is 161 Å². The standard InChI is InChI=1S/C20H20N6O2/c1-28-13-12-25-11-10-16-17(8-5-9-18(16)25)22-20(27)19(26-14-21-23-24-26)15-6-3-2-4-7-15/h2-11,14,19H,12-13H2,1H3,(H,22,27)/t19-/m1/s1. The number of methoxy groups -OCH3 is 1. The smallest absolute Gasteiger partial charge is 0.253 e. The molecule has 1 atom stereocenters. The van der Waals surface area contributed by atoms with Crippen molar-refractivity contribution < 1.29 is 9.53 Å². The summed E-state index contributed by atoms with van der Waals surface area (Å²) in [5.41, 5.74) is 2.58. The molecule has 4 aromatic rings. The second-order valence-electron chi connectivity index (χ2n) is 6.33. The van der Waals surface area contributed by atoms with Gasteiger partial charge in [0, 0.05) is 25.2 Å². The van der Waals surface area contributed by atoms with Crippen LogP contribution in [0.1, 0.15) is 11.6 Å². The summed E-state index contributed by atoms with van der Waals surface area (Å²) in [6.07, 6.45) is 3.44. The zero-order valence-electron chi connectivity index (χ0n) is 15.4. The third-order valence-electron chi connectivity index (χ3n) is 4.60. The normalized spacial score (nSPS) is 12.2. The van der Waals surface area contributed by atoms with Gasteiger partial charge in [-0.25, -0.2) is 4.68 Å². The molecule has 28 heavy (non-hydrogen) atoms. The number of hydrogen-bond donors (Lipinski definition) is 1. The molecular formula is C20H20N6O2. The lowest BCUT2D eigenvalue weighted by molar-refractivity contribution is -0.118. The molecule has 0 saturated carbocycles. The molecule has 0 unspecified atom stereocenters. The third-order valence-corrected chi connectivity index (χ3v) is 4.60. The summed E-state index contributed by atoms with van der Waals surface area (Å²) in [7, 11) is 1.68. The minimum Gasteiger partial charge on any atom is -0.383 e. The number of amides is 1. The monoisotopic (exact) mass is 376 g/mol. The fraction of sp³-hybridized carbons (Fsp3) is 0.200. The maximum absolute atomic E-state index is 13.2. The first-order valence-corrected chi connectivity index (χ1v) is 8.93. The summed E-state index contributed by atoms with van der Waals surface area (Å²) in [6.45, 7) is 1.37. The number of benzene rings is 2. The van der Waals surface area contributed by atoms with Crippen LogP contribution in [0.4, 0.5) is 5.69 Å². The Hall–Kier alpha value is -3.52. The van der Waals surface area contributed by atoms with Gasteiger partial charge in [-0.15, -0.1) is 5.10 Å². The first-order chi connectivity index (χ1) is 13.8. The highest BCUT2D eigenvalue weighted by atomic mass is 16.5. The van der Waals surface area contributed by atoms with Crippen LogP contribution >= 0.6 is 0 Å². The van der Waals surface area contributed by atoms with E-state index in [1.165, 1.54) is 11.0 Å². The predicted molar refractivity (Wildman–Crippen MR) is 105 cm³/mol. The minimum absolute atomic E-state index is 0.212. The molecule has 0 aliphatic heterocycles. The molecule has 8 nitrogen and oxygen atoms in total. The maximum Gasteiger partial charge on any atom is 0.253 e. The zero-order valence-corrected chi connectivity index (χ0v) is 15.4. The predicted octanol–water partition coefficient (Wildman–Crippen LogP) is 2.50. The van der Waals surface area contributed by atoms with Gasteiger partial charge in [0.25, 0.3) is 5.91 Å². The van der Waals surface area contributed by atoms with E-state index >= 15 is 0 Å². The lowest BCUT2D eigenvalue weighted by Gasteiger charge is -2.17. The molecule has 2 heterocycles. The highest BCUT2D eigenvalue weighted by molar-refractivity contribution is 6.03. The van der Waals surface area contributed by atoms with Gasteiger partial charge in [-0.3, -0.25) is 4.79 Å². The molecule has 0 spiro atoms. The van der Waals surface area contributed by atoms with Crippen LogP contribution in [0.3, 0.4) is 0 Å². The summed E-state index contributed by atoms with van der Waals surface area (Å²) in [4.78, 5) is 13.2. The highest BCUT2D eigenvalue weighted by Gasteiger charge is 2.24. The molecule has 142 valence electrons. The van der Waals surface area contributed by atoms with E-state index in [1.807, 2.05) is 60.8 Å². The lowest BCUT2D eigenvalue weighted by Crippen LogP contribution is -2.27. The van der Waals surface area contributed by atoms with E-state index in [-0.39, 0.29) is 5.91 Å². The average Bonchev–Trinajstić information content (AvgIpc) is 3.38. The van der Waals surface area contributed by atoms with E-state index in [1.54, 1.807) is 7.11 Å². The number of nitrogens with zero attached hydrogens (tertiary/aromatic N) is 5. The van der Waals surface area contributed by atoms with Crippen LogP contribution in [0.5, 0.6) is 0 Å². The van der Waals surface area contributed by atoms with Gasteiger partial charge in [0.1, 0.15) is 6.33 Å². The number of carbonyl (C=O) groups is 1. The SMILES string of the molecule is COCCn1ccc2c(NC(=O)[C@@H](c3ccccc3)n3cnnn3)cccc21. The van der Waals surface area contributed by atoms with Crippen LogP contribution in [-0.2, 0) is 16.1 Å². The molecule has 0 radical (unpaired) electrons. The van der Waals surface area contributed by atoms with Gasteiger partial charge in [0.05, 0.1) is 17.8 Å². The van der Waals surface area contributed by atoms with Gasteiger partial charge in [-0.2, -0.15) is 0 Å². The topological polar surface area (TPSA) is 86.9 Å². The summed E-state index contributed by atoms with van der Waals surface area (Å²) in [5.74, 6) is -0.212. The number of anilines is 1. The van der Waals surface area contributed by atoms with Crippen molar-refractivity contribution in [2.75, 3.05) is 19.0 Å². The van der Waals surface area contributed by atoms with Gasteiger partial charge < -0.3 is 14.6 Å². The van der Waals surface area contributed by atoms with Crippen LogP contribution < -0.4 is 5.32 Å². The van der Waals surface area contributed by atoms with Gasteiger partial charge in [0.15, 0.2) is 6.04 Å². The van der Waals surface area contributed by atoms with Gasteiger partial charge in [0.2, 0.25) is 0 Å². The van der Waals surface area contributed by atoms with E-state index in [9.17, 15) is 4.79 Å². The van der Waals surface area contributed by atoms with Gasteiger partial charge in [-0.1, -0.05) is 36.4 Å².